The van der Waals surface area contributed by atoms with E-state index in [-0.39, 0.29) is 24.7 Å². The van der Waals surface area contributed by atoms with Gasteiger partial charge in [-0.15, -0.1) is 0 Å². The Bertz CT molecular complexity index is 552. The van der Waals surface area contributed by atoms with Gasteiger partial charge in [0.2, 0.25) is 0 Å². The van der Waals surface area contributed by atoms with Gasteiger partial charge in [-0.1, -0.05) is 11.8 Å². The van der Waals surface area contributed by atoms with E-state index in [1.165, 1.54) is 6.20 Å². The minimum Gasteiger partial charge on any atom is -0.384 e. The lowest BCUT2D eigenvalue weighted by Crippen LogP contribution is -2.30. The van der Waals surface area contributed by atoms with E-state index >= 15 is 0 Å². The molecule has 6 nitrogen and oxygen atoms in total. The minimum atomic E-state index is -0.260. The number of methoxy groups -OCH3 is 2. The van der Waals surface area contributed by atoms with Crippen LogP contribution < -0.4 is 0 Å². The molecule has 2 atom stereocenters. The van der Waals surface area contributed by atoms with Crippen LogP contribution in [-0.4, -0.2) is 67.0 Å². The lowest BCUT2D eigenvalue weighted by Gasteiger charge is -2.16. The molecule has 2 unspecified atom stereocenters. The van der Waals surface area contributed by atoms with Crippen LogP contribution in [0.15, 0.2) is 18.5 Å². The molecule has 1 saturated heterocycles. The molecule has 0 spiro atoms. The summed E-state index contributed by atoms with van der Waals surface area (Å²) in [7, 11) is 3.21. The van der Waals surface area contributed by atoms with Crippen molar-refractivity contribution >= 4 is 5.91 Å². The highest BCUT2D eigenvalue weighted by molar-refractivity contribution is 5.96. The van der Waals surface area contributed by atoms with Crippen molar-refractivity contribution in [1.29, 1.82) is 0 Å². The average molecular weight is 290 g/mol. The molecule has 1 N–H and O–H groups in total. The molecular weight excluding hydrogens is 272 g/mol. The van der Waals surface area contributed by atoms with Gasteiger partial charge in [0, 0.05) is 39.7 Å². The van der Waals surface area contributed by atoms with Gasteiger partial charge in [0.25, 0.3) is 5.91 Å². The van der Waals surface area contributed by atoms with Crippen molar-refractivity contribution in [2.45, 2.75) is 12.2 Å². The number of rotatable bonds is 3. The number of hydrogen-bond acceptors (Lipinski definition) is 5. The molecule has 1 aliphatic heterocycles. The summed E-state index contributed by atoms with van der Waals surface area (Å²) in [6.45, 7) is 0.690. The van der Waals surface area contributed by atoms with Crippen LogP contribution in [0.5, 0.6) is 0 Å². The molecule has 112 valence electrons. The molecule has 0 aliphatic carbocycles. The number of nitrogens with zero attached hydrogens (tertiary/aromatic N) is 2. The fourth-order valence-electron chi connectivity index (χ4n) is 2.35. The molecule has 1 aromatic rings. The second kappa shape index (κ2) is 7.18. The number of ether oxygens (including phenoxy) is 2. The van der Waals surface area contributed by atoms with Gasteiger partial charge < -0.3 is 19.5 Å². The first-order valence-electron chi connectivity index (χ1n) is 6.59. The van der Waals surface area contributed by atoms with Crippen molar-refractivity contribution in [3.05, 3.63) is 29.6 Å². The number of aliphatic hydroxyl groups excluding tert-OH is 1. The lowest BCUT2D eigenvalue weighted by molar-refractivity contribution is -0.00461. The number of likely N-dealkylation sites (tertiary alicyclic amines) is 1. The van der Waals surface area contributed by atoms with Crippen LogP contribution in [0.4, 0.5) is 0 Å². The lowest BCUT2D eigenvalue weighted by atomic mass is 10.1. The van der Waals surface area contributed by atoms with Crippen molar-refractivity contribution in [2.75, 3.05) is 33.9 Å². The SMILES string of the molecule is COC1CN(C(=O)c2ccncc2C#CCO)CC1OC. The standard InChI is InChI=1S/C15H18N2O4/c1-20-13-9-17(10-14(13)21-2)15(19)12-5-6-16-8-11(12)4-3-7-18/h5-6,8,13-14,18H,7,9-10H2,1-2H3. The molecule has 0 aromatic carbocycles. The molecule has 1 amide bonds. The summed E-state index contributed by atoms with van der Waals surface area (Å²) in [6, 6.07) is 1.63. The summed E-state index contributed by atoms with van der Waals surface area (Å²) in [5.41, 5.74) is 0.976. The Kier molecular flexibility index (Phi) is 5.28. The van der Waals surface area contributed by atoms with Crippen LogP contribution in [0.1, 0.15) is 15.9 Å². The van der Waals surface area contributed by atoms with E-state index in [1.807, 2.05) is 0 Å². The Balaban J connectivity index is 2.21. The maximum atomic E-state index is 12.6. The predicted octanol–water partition coefficient (Wildman–Crippen LogP) is -0.0888. The van der Waals surface area contributed by atoms with Crippen molar-refractivity contribution in [3.63, 3.8) is 0 Å². The molecular formula is C15H18N2O4. The number of hydrogen-bond donors (Lipinski definition) is 1. The molecule has 21 heavy (non-hydrogen) atoms. The van der Waals surface area contributed by atoms with Crippen molar-refractivity contribution < 1.29 is 19.4 Å². The molecule has 0 bridgehead atoms. The number of aromatic nitrogens is 1. The zero-order valence-electron chi connectivity index (χ0n) is 12.1. The monoisotopic (exact) mass is 290 g/mol. The van der Waals surface area contributed by atoms with Gasteiger partial charge in [-0.3, -0.25) is 9.78 Å². The van der Waals surface area contributed by atoms with Crippen LogP contribution in [0.3, 0.4) is 0 Å². The van der Waals surface area contributed by atoms with E-state index in [0.29, 0.717) is 24.2 Å². The molecule has 0 radical (unpaired) electrons. The third-order valence-corrected chi connectivity index (χ3v) is 3.46. The van der Waals surface area contributed by atoms with E-state index in [9.17, 15) is 4.79 Å². The summed E-state index contributed by atoms with van der Waals surface area (Å²) in [6.07, 6.45) is 2.81. The number of carbonyl (C=O) groups excluding carboxylic acids is 1. The van der Waals surface area contributed by atoms with E-state index in [4.69, 9.17) is 14.6 Å². The quantitative estimate of drug-likeness (QED) is 0.788. The Morgan fingerprint density at radius 1 is 1.43 bits per heavy atom. The van der Waals surface area contributed by atoms with Crippen LogP contribution in [-0.2, 0) is 9.47 Å². The predicted molar refractivity (Wildman–Crippen MR) is 75.7 cm³/mol. The maximum absolute atomic E-state index is 12.6. The van der Waals surface area contributed by atoms with Gasteiger partial charge >= 0.3 is 0 Å². The summed E-state index contributed by atoms with van der Waals surface area (Å²) in [5.74, 6) is 5.14. The third kappa shape index (κ3) is 3.39. The summed E-state index contributed by atoms with van der Waals surface area (Å²) in [4.78, 5) is 18.3. The highest BCUT2D eigenvalue weighted by Crippen LogP contribution is 2.19. The molecule has 1 aromatic heterocycles. The number of amides is 1. The fraction of sp³-hybridized carbons (Fsp3) is 0.467. The normalized spacial score (nSPS) is 21.0. The summed E-state index contributed by atoms with van der Waals surface area (Å²) < 4.78 is 10.7. The largest absolute Gasteiger partial charge is 0.384 e. The average Bonchev–Trinajstić information content (AvgIpc) is 2.95. The Morgan fingerprint density at radius 2 is 2.10 bits per heavy atom. The van der Waals surface area contributed by atoms with Gasteiger partial charge in [0.1, 0.15) is 18.8 Å². The second-order valence-corrected chi connectivity index (χ2v) is 4.64. The highest BCUT2D eigenvalue weighted by atomic mass is 16.5. The smallest absolute Gasteiger partial charge is 0.255 e. The first-order valence-corrected chi connectivity index (χ1v) is 6.59. The highest BCUT2D eigenvalue weighted by Gasteiger charge is 2.36. The van der Waals surface area contributed by atoms with Gasteiger partial charge in [0.05, 0.1) is 11.1 Å². The van der Waals surface area contributed by atoms with Crippen molar-refractivity contribution in [2.24, 2.45) is 0 Å². The molecule has 1 fully saturated rings. The number of carbonyl (C=O) groups is 1. The van der Waals surface area contributed by atoms with E-state index in [0.717, 1.165) is 0 Å². The van der Waals surface area contributed by atoms with Gasteiger partial charge in [-0.05, 0) is 6.07 Å². The second-order valence-electron chi connectivity index (χ2n) is 4.64. The molecule has 2 heterocycles. The first kappa shape index (κ1) is 15.4. The van der Waals surface area contributed by atoms with E-state index in [2.05, 4.69) is 16.8 Å². The minimum absolute atomic E-state index is 0.132. The van der Waals surface area contributed by atoms with Crippen LogP contribution in [0.25, 0.3) is 0 Å². The molecule has 2 rings (SSSR count). The van der Waals surface area contributed by atoms with Gasteiger partial charge in [0.15, 0.2) is 0 Å². The topological polar surface area (TPSA) is 71.9 Å². The summed E-state index contributed by atoms with van der Waals surface area (Å²) >= 11 is 0. The maximum Gasteiger partial charge on any atom is 0.255 e. The van der Waals surface area contributed by atoms with Gasteiger partial charge in [-0.2, -0.15) is 0 Å². The summed E-state index contributed by atoms with van der Waals surface area (Å²) in [5, 5.41) is 8.78. The number of aliphatic hydroxyl groups is 1. The Hall–Kier alpha value is -1.94. The molecule has 6 heteroatoms. The fourth-order valence-corrected chi connectivity index (χ4v) is 2.35. The van der Waals surface area contributed by atoms with Crippen molar-refractivity contribution in [3.8, 4) is 11.8 Å². The van der Waals surface area contributed by atoms with Gasteiger partial charge in [-0.25, -0.2) is 0 Å². The molecule has 1 aliphatic rings. The Labute approximate surface area is 123 Å². The van der Waals surface area contributed by atoms with Crippen LogP contribution >= 0.6 is 0 Å². The Morgan fingerprint density at radius 3 is 2.67 bits per heavy atom. The van der Waals surface area contributed by atoms with Crippen LogP contribution in [0.2, 0.25) is 0 Å². The van der Waals surface area contributed by atoms with Crippen molar-refractivity contribution in [1.82, 2.24) is 9.88 Å². The zero-order valence-corrected chi connectivity index (χ0v) is 12.1. The van der Waals surface area contributed by atoms with E-state index in [1.54, 1.807) is 31.4 Å². The molecule has 0 saturated carbocycles. The zero-order chi connectivity index (χ0) is 15.2. The first-order chi connectivity index (χ1) is 10.2. The van der Waals surface area contributed by atoms with Crippen LogP contribution in [0, 0.1) is 11.8 Å². The third-order valence-electron chi connectivity index (χ3n) is 3.46. The van der Waals surface area contributed by atoms with E-state index < -0.39 is 0 Å². The number of pyridine rings is 1.